The van der Waals surface area contributed by atoms with Crippen molar-refractivity contribution < 1.29 is 9.90 Å². The van der Waals surface area contributed by atoms with Crippen molar-refractivity contribution in [2.24, 2.45) is 0 Å². The highest BCUT2D eigenvalue weighted by Crippen LogP contribution is 2.11. The lowest BCUT2D eigenvalue weighted by Gasteiger charge is -2.00. The van der Waals surface area contributed by atoms with Crippen molar-refractivity contribution >= 4 is 5.97 Å². The largest absolute Gasteiger partial charge is 0.481 e. The summed E-state index contributed by atoms with van der Waals surface area (Å²) < 4.78 is 0. The quantitative estimate of drug-likeness (QED) is 0.187. The molecular weight excluding hydrogens is 320 g/mol. The van der Waals surface area contributed by atoms with E-state index in [1.165, 1.54) is 70.6 Å². The number of hydrogen-bond acceptors (Lipinski definition) is 1. The Morgan fingerprint density at radius 1 is 0.615 bits per heavy atom. The van der Waals surface area contributed by atoms with E-state index in [0.717, 1.165) is 25.7 Å². The number of carboxylic acid groups (broad SMARTS) is 1. The molecule has 0 aromatic carbocycles. The van der Waals surface area contributed by atoms with Gasteiger partial charge in [-0.05, 0) is 44.9 Å². The minimum atomic E-state index is -0.664. The van der Waals surface area contributed by atoms with Gasteiger partial charge in [0, 0.05) is 6.42 Å². The summed E-state index contributed by atoms with van der Waals surface area (Å²) in [5, 5.41) is 8.56. The molecule has 0 aromatic heterocycles. The van der Waals surface area contributed by atoms with Crippen LogP contribution in [-0.4, -0.2) is 11.1 Å². The lowest BCUT2D eigenvalue weighted by Crippen LogP contribution is -1.93. The maximum atomic E-state index is 10.4. The summed E-state index contributed by atoms with van der Waals surface area (Å²) in [5.41, 5.74) is 0. The molecule has 0 unspecified atom stereocenters. The monoisotopic (exact) mass is 362 g/mol. The van der Waals surface area contributed by atoms with Crippen LogP contribution in [-0.2, 0) is 4.79 Å². The Balaban J connectivity index is 3.23. The summed E-state index contributed by atoms with van der Waals surface area (Å²) in [6, 6.07) is 0. The third kappa shape index (κ3) is 22.7. The second kappa shape index (κ2) is 21.7. The molecule has 0 aromatic rings. The zero-order valence-corrected chi connectivity index (χ0v) is 17.1. The first-order valence-electron chi connectivity index (χ1n) is 10.9. The van der Waals surface area contributed by atoms with Gasteiger partial charge in [-0.25, -0.2) is 0 Å². The third-order valence-corrected chi connectivity index (χ3v) is 4.53. The molecule has 0 heterocycles. The maximum absolute atomic E-state index is 10.4. The van der Waals surface area contributed by atoms with E-state index in [1.54, 1.807) is 0 Å². The topological polar surface area (TPSA) is 37.3 Å². The fourth-order valence-corrected chi connectivity index (χ4v) is 2.89. The molecule has 150 valence electrons. The molecule has 0 aliphatic carbocycles. The summed E-state index contributed by atoms with van der Waals surface area (Å²) in [4.78, 5) is 10.4. The van der Waals surface area contributed by atoms with Crippen LogP contribution in [0.4, 0.5) is 0 Å². The van der Waals surface area contributed by atoms with Gasteiger partial charge in [0.25, 0.3) is 0 Å². The summed E-state index contributed by atoms with van der Waals surface area (Å²) in [6.07, 6.45) is 32.1. The van der Waals surface area contributed by atoms with Gasteiger partial charge in [0.05, 0.1) is 0 Å². The van der Waals surface area contributed by atoms with Crippen LogP contribution in [0.15, 0.2) is 36.5 Å². The Bertz CT molecular complexity index is 380. The van der Waals surface area contributed by atoms with E-state index in [-0.39, 0.29) is 0 Å². The lowest BCUT2D eigenvalue weighted by molar-refractivity contribution is -0.137. The van der Waals surface area contributed by atoms with E-state index >= 15 is 0 Å². The molecule has 0 saturated heterocycles. The molecule has 0 bridgehead atoms. The number of carboxylic acids is 1. The van der Waals surface area contributed by atoms with Crippen LogP contribution >= 0.6 is 0 Å². The van der Waals surface area contributed by atoms with Crippen LogP contribution in [0.1, 0.15) is 110 Å². The second-order valence-electron chi connectivity index (χ2n) is 7.14. The van der Waals surface area contributed by atoms with Gasteiger partial charge in [0.15, 0.2) is 0 Å². The van der Waals surface area contributed by atoms with Gasteiger partial charge in [-0.3, -0.25) is 4.79 Å². The van der Waals surface area contributed by atoms with Gasteiger partial charge in [0.2, 0.25) is 0 Å². The van der Waals surface area contributed by atoms with E-state index < -0.39 is 5.97 Å². The number of rotatable bonds is 19. The first-order valence-corrected chi connectivity index (χ1v) is 10.9. The highest BCUT2D eigenvalue weighted by molar-refractivity contribution is 5.66. The number of aliphatic carboxylic acids is 1. The molecule has 2 heteroatoms. The van der Waals surface area contributed by atoms with Gasteiger partial charge in [-0.2, -0.15) is 0 Å². The predicted octanol–water partition coefficient (Wildman–Crippen LogP) is 8.00. The van der Waals surface area contributed by atoms with Crippen molar-refractivity contribution in [1.82, 2.24) is 0 Å². The second-order valence-corrected chi connectivity index (χ2v) is 7.14. The van der Waals surface area contributed by atoms with Crippen LogP contribution in [0.2, 0.25) is 0 Å². The Kier molecular flexibility index (Phi) is 20.6. The van der Waals surface area contributed by atoms with Crippen LogP contribution < -0.4 is 0 Å². The minimum Gasteiger partial charge on any atom is -0.481 e. The van der Waals surface area contributed by atoms with Crippen molar-refractivity contribution in [3.8, 4) is 0 Å². The van der Waals surface area contributed by atoms with Crippen LogP contribution in [0, 0.1) is 0 Å². The molecule has 0 fully saturated rings. The van der Waals surface area contributed by atoms with E-state index in [4.69, 9.17) is 5.11 Å². The Morgan fingerprint density at radius 2 is 1.04 bits per heavy atom. The number of carbonyl (C=O) groups is 1. The van der Waals surface area contributed by atoms with Gasteiger partial charge < -0.3 is 5.11 Å². The molecule has 0 aliphatic rings. The molecule has 1 N–H and O–H groups in total. The zero-order chi connectivity index (χ0) is 19.1. The van der Waals surface area contributed by atoms with Crippen molar-refractivity contribution in [1.29, 1.82) is 0 Å². The van der Waals surface area contributed by atoms with E-state index in [2.05, 4.69) is 43.4 Å². The van der Waals surface area contributed by atoms with E-state index in [1.807, 2.05) is 0 Å². The molecule has 0 spiro atoms. The summed E-state index contributed by atoms with van der Waals surface area (Å²) in [7, 11) is 0. The molecule has 0 radical (unpaired) electrons. The smallest absolute Gasteiger partial charge is 0.303 e. The average molecular weight is 363 g/mol. The van der Waals surface area contributed by atoms with Gasteiger partial charge >= 0.3 is 5.97 Å². The molecular formula is C24H42O2. The SMILES string of the molecule is CCCCCC=CCC=CCC=CCCCCCCCCCCC(=O)O. The van der Waals surface area contributed by atoms with Crippen molar-refractivity contribution in [3.05, 3.63) is 36.5 Å². The Hall–Kier alpha value is -1.31. The fourth-order valence-electron chi connectivity index (χ4n) is 2.89. The van der Waals surface area contributed by atoms with Crippen molar-refractivity contribution in [3.63, 3.8) is 0 Å². The molecule has 0 atom stereocenters. The summed E-state index contributed by atoms with van der Waals surface area (Å²) in [6.45, 7) is 2.25. The van der Waals surface area contributed by atoms with Crippen molar-refractivity contribution in [2.45, 2.75) is 110 Å². The van der Waals surface area contributed by atoms with Crippen LogP contribution in [0.5, 0.6) is 0 Å². The lowest BCUT2D eigenvalue weighted by atomic mass is 10.1. The van der Waals surface area contributed by atoms with Gasteiger partial charge in [-0.1, -0.05) is 94.7 Å². The van der Waals surface area contributed by atoms with E-state index in [0.29, 0.717) is 6.42 Å². The number of allylic oxidation sites excluding steroid dienone is 6. The first-order chi connectivity index (χ1) is 12.8. The maximum Gasteiger partial charge on any atom is 0.303 e. The molecule has 0 rings (SSSR count). The zero-order valence-electron chi connectivity index (χ0n) is 17.1. The minimum absolute atomic E-state index is 0.331. The molecule has 2 nitrogen and oxygen atoms in total. The Morgan fingerprint density at radius 3 is 1.54 bits per heavy atom. The van der Waals surface area contributed by atoms with Crippen molar-refractivity contribution in [2.75, 3.05) is 0 Å². The number of unbranched alkanes of at least 4 members (excludes halogenated alkanes) is 11. The molecule has 26 heavy (non-hydrogen) atoms. The standard InChI is InChI=1S/C24H42O2/c1-2-3-4-5-6-7-8-9-10-11-12-13-14-15-16-17-18-19-20-21-22-23-24(25)26/h6-7,9-10,12-13H,2-5,8,11,14-23H2,1H3,(H,25,26). The molecule has 0 aliphatic heterocycles. The van der Waals surface area contributed by atoms with Crippen LogP contribution in [0.25, 0.3) is 0 Å². The molecule has 0 saturated carbocycles. The highest BCUT2D eigenvalue weighted by Gasteiger charge is 1.96. The molecule has 0 amide bonds. The van der Waals surface area contributed by atoms with Crippen LogP contribution in [0.3, 0.4) is 0 Å². The first kappa shape index (κ1) is 24.7. The average Bonchev–Trinajstić information content (AvgIpc) is 2.62. The number of hydrogen-bond donors (Lipinski definition) is 1. The van der Waals surface area contributed by atoms with Gasteiger partial charge in [0.1, 0.15) is 0 Å². The predicted molar refractivity (Wildman–Crippen MR) is 115 cm³/mol. The normalized spacial score (nSPS) is 12.0. The highest BCUT2D eigenvalue weighted by atomic mass is 16.4. The fraction of sp³-hybridized carbons (Fsp3) is 0.708. The van der Waals surface area contributed by atoms with Gasteiger partial charge in [-0.15, -0.1) is 0 Å². The summed E-state index contributed by atoms with van der Waals surface area (Å²) >= 11 is 0. The Labute approximate surface area is 162 Å². The van der Waals surface area contributed by atoms with E-state index in [9.17, 15) is 4.79 Å². The summed E-state index contributed by atoms with van der Waals surface area (Å²) in [5.74, 6) is -0.664. The third-order valence-electron chi connectivity index (χ3n) is 4.53.